The van der Waals surface area contributed by atoms with Gasteiger partial charge in [-0.25, -0.2) is 0 Å². The van der Waals surface area contributed by atoms with Gasteiger partial charge in [0.15, 0.2) is 12.6 Å². The van der Waals surface area contributed by atoms with Crippen molar-refractivity contribution in [2.45, 2.75) is 83.5 Å². The van der Waals surface area contributed by atoms with Gasteiger partial charge in [0, 0.05) is 6.04 Å². The van der Waals surface area contributed by atoms with Crippen LogP contribution in [0.1, 0.15) is 58.8 Å². The highest BCUT2D eigenvalue weighted by molar-refractivity contribution is 5.04. The first kappa shape index (κ1) is 22.0. The van der Waals surface area contributed by atoms with Crippen molar-refractivity contribution in [2.75, 3.05) is 52.5 Å². The number of epoxide rings is 1. The van der Waals surface area contributed by atoms with Crippen LogP contribution in [0, 0.1) is 34.5 Å². The summed E-state index contributed by atoms with van der Waals surface area (Å²) in [5.74, 6) is 3.17. The van der Waals surface area contributed by atoms with Crippen molar-refractivity contribution in [3.05, 3.63) is 0 Å². The smallest absolute Gasteiger partial charge is 0.184 e. The number of rotatable bonds is 4. The molecule has 7 rings (SSSR count). The Kier molecular flexibility index (Phi) is 5.43. The molecule has 33 heavy (non-hydrogen) atoms. The van der Waals surface area contributed by atoms with Crippen LogP contribution in [0.3, 0.4) is 0 Å². The van der Waals surface area contributed by atoms with Crippen molar-refractivity contribution < 1.29 is 18.9 Å². The Hall–Kier alpha value is -0.240. The molecular weight excluding hydrogens is 416 g/mol. The van der Waals surface area contributed by atoms with Crippen LogP contribution in [0.2, 0.25) is 0 Å². The summed E-state index contributed by atoms with van der Waals surface area (Å²) >= 11 is 0. The number of piperidine rings is 2. The largest absolute Gasteiger partial charge is 0.351 e. The first-order valence-electron chi connectivity index (χ1n) is 14.0. The second-order valence-electron chi connectivity index (χ2n) is 13.0. The molecule has 6 nitrogen and oxygen atoms in total. The van der Waals surface area contributed by atoms with Gasteiger partial charge in [-0.2, -0.15) is 0 Å². The standard InChI is InChI=1S/C27H44N2O4/c1-18-19(3-4-20-21(18)15-30-24-23(20)33-24)5-10-28-11-6-27(7-12-28)8-13-29(14-9-27)22-16-31-25-26(22,2)17-32-25/h18-25H,3-17H2,1-2H3. The zero-order valence-corrected chi connectivity index (χ0v) is 20.8. The maximum Gasteiger partial charge on any atom is 0.184 e. The summed E-state index contributed by atoms with van der Waals surface area (Å²) in [4.78, 5) is 5.53. The van der Waals surface area contributed by atoms with Crippen LogP contribution in [0.15, 0.2) is 0 Å². The van der Waals surface area contributed by atoms with E-state index in [2.05, 4.69) is 23.6 Å². The zero-order chi connectivity index (χ0) is 22.2. The van der Waals surface area contributed by atoms with Crippen molar-refractivity contribution in [3.63, 3.8) is 0 Å². The Balaban J connectivity index is 0.870. The molecular formula is C27H44N2O4. The van der Waals surface area contributed by atoms with Crippen LogP contribution >= 0.6 is 0 Å². The highest BCUT2D eigenvalue weighted by atomic mass is 16.8. The third-order valence-corrected chi connectivity index (χ3v) is 11.5. The van der Waals surface area contributed by atoms with Crippen LogP contribution in [0.4, 0.5) is 0 Å². The molecule has 0 bridgehead atoms. The van der Waals surface area contributed by atoms with Gasteiger partial charge >= 0.3 is 0 Å². The summed E-state index contributed by atoms with van der Waals surface area (Å²) in [6.07, 6.45) is 10.4. The van der Waals surface area contributed by atoms with E-state index in [4.69, 9.17) is 18.9 Å². The Labute approximate surface area is 199 Å². The quantitative estimate of drug-likeness (QED) is 0.600. The highest BCUT2D eigenvalue weighted by Gasteiger charge is 2.58. The van der Waals surface area contributed by atoms with Crippen molar-refractivity contribution >= 4 is 0 Å². The second kappa shape index (κ2) is 8.14. The number of nitrogens with zero attached hydrogens (tertiary/aromatic N) is 2. The van der Waals surface area contributed by atoms with E-state index in [0.717, 1.165) is 43.5 Å². The van der Waals surface area contributed by atoms with E-state index < -0.39 is 0 Å². The first-order chi connectivity index (χ1) is 16.0. The van der Waals surface area contributed by atoms with Crippen molar-refractivity contribution in [1.29, 1.82) is 0 Å². The van der Waals surface area contributed by atoms with Crippen LogP contribution in [0.25, 0.3) is 0 Å². The number of likely N-dealkylation sites (tertiary alicyclic amines) is 2. The van der Waals surface area contributed by atoms with E-state index in [1.165, 1.54) is 77.7 Å². The first-order valence-corrected chi connectivity index (χ1v) is 14.0. The lowest BCUT2D eigenvalue weighted by Gasteiger charge is -2.51. The minimum Gasteiger partial charge on any atom is -0.351 e. The number of fused-ring (bicyclic) bond motifs is 4. The van der Waals surface area contributed by atoms with Crippen LogP contribution in [-0.2, 0) is 18.9 Å². The van der Waals surface area contributed by atoms with Gasteiger partial charge in [-0.15, -0.1) is 0 Å². The molecule has 1 aliphatic carbocycles. The molecule has 6 heteroatoms. The molecule has 0 aromatic rings. The summed E-state index contributed by atoms with van der Waals surface area (Å²) in [7, 11) is 0. The molecule has 186 valence electrons. The molecule has 6 saturated heterocycles. The lowest BCUT2D eigenvalue weighted by atomic mass is 9.65. The molecule has 0 aromatic carbocycles. The van der Waals surface area contributed by atoms with Crippen LogP contribution in [0.5, 0.6) is 0 Å². The monoisotopic (exact) mass is 460 g/mol. The molecule has 6 aliphatic heterocycles. The van der Waals surface area contributed by atoms with E-state index in [1.54, 1.807) is 0 Å². The summed E-state index contributed by atoms with van der Waals surface area (Å²) in [6, 6.07) is 0.567. The van der Waals surface area contributed by atoms with Gasteiger partial charge in [-0.1, -0.05) is 13.8 Å². The fraction of sp³-hybridized carbons (Fsp3) is 1.00. The van der Waals surface area contributed by atoms with Gasteiger partial charge in [-0.3, -0.25) is 4.90 Å². The molecule has 0 N–H and O–H groups in total. The minimum atomic E-state index is 0.0592. The molecule has 9 atom stereocenters. The van der Waals surface area contributed by atoms with Crippen molar-refractivity contribution in [2.24, 2.45) is 34.5 Å². The van der Waals surface area contributed by atoms with Gasteiger partial charge in [0.1, 0.15) is 6.10 Å². The van der Waals surface area contributed by atoms with E-state index in [0.29, 0.717) is 17.6 Å². The van der Waals surface area contributed by atoms with Gasteiger partial charge in [0.25, 0.3) is 0 Å². The predicted molar refractivity (Wildman–Crippen MR) is 125 cm³/mol. The van der Waals surface area contributed by atoms with E-state index in [1.807, 2.05) is 0 Å². The topological polar surface area (TPSA) is 46.7 Å². The van der Waals surface area contributed by atoms with E-state index in [9.17, 15) is 0 Å². The van der Waals surface area contributed by atoms with Gasteiger partial charge in [0.05, 0.1) is 25.2 Å². The van der Waals surface area contributed by atoms with Crippen molar-refractivity contribution in [1.82, 2.24) is 9.80 Å². The summed E-state index contributed by atoms with van der Waals surface area (Å²) in [5.41, 5.74) is 0.843. The minimum absolute atomic E-state index is 0.0592. The molecule has 7 aliphatic rings. The second-order valence-corrected chi connectivity index (χ2v) is 13.0. The summed E-state index contributed by atoms with van der Waals surface area (Å²) in [6.45, 7) is 14.0. The summed E-state index contributed by atoms with van der Waals surface area (Å²) in [5, 5.41) is 0. The van der Waals surface area contributed by atoms with Gasteiger partial charge in [-0.05, 0) is 107 Å². The Morgan fingerprint density at radius 1 is 0.879 bits per heavy atom. The molecule has 9 unspecified atom stereocenters. The van der Waals surface area contributed by atoms with Crippen LogP contribution in [-0.4, -0.2) is 87.1 Å². The normalized spacial score (nSPS) is 51.5. The Morgan fingerprint density at radius 2 is 1.67 bits per heavy atom. The molecule has 1 saturated carbocycles. The van der Waals surface area contributed by atoms with E-state index in [-0.39, 0.29) is 18.0 Å². The molecule has 6 heterocycles. The predicted octanol–water partition coefficient (Wildman–Crippen LogP) is 3.35. The zero-order valence-electron chi connectivity index (χ0n) is 20.8. The SMILES string of the molecule is CC1C(CCN2CCC3(CC2)CCN(C2COC4OCC42C)CC3)CCC2C1COC1OC12. The Bertz CT molecular complexity index is 732. The van der Waals surface area contributed by atoms with E-state index >= 15 is 0 Å². The molecule has 0 amide bonds. The third kappa shape index (κ3) is 3.65. The number of hydrogen-bond acceptors (Lipinski definition) is 6. The Morgan fingerprint density at radius 3 is 2.39 bits per heavy atom. The third-order valence-electron chi connectivity index (χ3n) is 11.5. The highest BCUT2D eigenvalue weighted by Crippen LogP contribution is 2.51. The fourth-order valence-corrected chi connectivity index (χ4v) is 8.67. The maximum absolute atomic E-state index is 5.91. The summed E-state index contributed by atoms with van der Waals surface area (Å²) < 4.78 is 23.2. The molecule has 0 aromatic heterocycles. The molecule has 7 fully saturated rings. The number of ether oxygens (including phenoxy) is 4. The van der Waals surface area contributed by atoms with Crippen LogP contribution < -0.4 is 0 Å². The van der Waals surface area contributed by atoms with Crippen molar-refractivity contribution in [3.8, 4) is 0 Å². The van der Waals surface area contributed by atoms with Gasteiger partial charge in [0.2, 0.25) is 0 Å². The molecule has 0 radical (unpaired) electrons. The molecule has 1 spiro atoms. The van der Waals surface area contributed by atoms with Gasteiger partial charge < -0.3 is 23.8 Å². The number of hydrogen-bond donors (Lipinski definition) is 0. The fourth-order valence-electron chi connectivity index (χ4n) is 8.67. The maximum atomic E-state index is 5.91. The average molecular weight is 461 g/mol. The lowest BCUT2D eigenvalue weighted by Crippen LogP contribution is -2.59. The average Bonchev–Trinajstić information content (AvgIpc) is 3.59. The lowest BCUT2D eigenvalue weighted by molar-refractivity contribution is -0.265.